The molecule has 0 unspecified atom stereocenters. The van der Waals surface area contributed by atoms with Gasteiger partial charge in [0.25, 0.3) is 0 Å². The molecule has 0 atom stereocenters. The Morgan fingerprint density at radius 2 is 1.71 bits per heavy atom. The van der Waals surface area contributed by atoms with Crippen molar-refractivity contribution in [2.24, 2.45) is 0 Å². The van der Waals surface area contributed by atoms with Crippen molar-refractivity contribution in [1.82, 2.24) is 4.90 Å². The molecule has 1 saturated heterocycles. The van der Waals surface area contributed by atoms with Gasteiger partial charge in [-0.25, -0.2) is 0 Å². The van der Waals surface area contributed by atoms with Crippen LogP contribution in [0.2, 0.25) is 0 Å². The third-order valence-corrected chi connectivity index (χ3v) is 3.10. The van der Waals surface area contributed by atoms with Crippen LogP contribution in [-0.2, 0) is 14.3 Å². The Morgan fingerprint density at radius 3 is 1.94 bits per heavy atom. The Kier molecular flexibility index (Phi) is 7.03. The van der Waals surface area contributed by atoms with Crippen molar-refractivity contribution in [2.45, 2.75) is 31.7 Å². The quantitative estimate of drug-likeness (QED) is 0.584. The molecule has 1 heterocycles. The van der Waals surface area contributed by atoms with Crippen LogP contribution in [0.15, 0.2) is 0 Å². The van der Waals surface area contributed by atoms with E-state index in [4.69, 9.17) is 0 Å². The second-order valence-electron chi connectivity index (χ2n) is 3.73. The van der Waals surface area contributed by atoms with Crippen molar-refractivity contribution in [3.63, 3.8) is 0 Å². The molecule has 0 aromatic heterocycles. The molecule has 0 bridgehead atoms. The average molecular weight is 277 g/mol. The van der Waals surface area contributed by atoms with Gasteiger partial charge in [0.05, 0.1) is 6.61 Å². The largest absolute Gasteiger partial charge is 0.523 e. The Bertz CT molecular complexity index is 297. The van der Waals surface area contributed by atoms with Crippen LogP contribution in [-0.4, -0.2) is 45.6 Å². The molecule has 1 rings (SSSR count). The van der Waals surface area contributed by atoms with Crippen LogP contribution in [0.1, 0.15) is 26.2 Å². The van der Waals surface area contributed by atoms with Gasteiger partial charge >= 0.3 is 15.6 Å². The van der Waals surface area contributed by atoms with Gasteiger partial charge in [-0.05, 0) is 39.4 Å². The van der Waals surface area contributed by atoms with E-state index in [1.807, 2.05) is 0 Å². The second kappa shape index (κ2) is 7.17. The van der Waals surface area contributed by atoms with Gasteiger partial charge in [-0.2, -0.15) is 21.6 Å². The summed E-state index contributed by atoms with van der Waals surface area (Å²) < 4.78 is 58.0. The molecule has 0 aromatic rings. The van der Waals surface area contributed by atoms with Crippen LogP contribution >= 0.6 is 0 Å². The third kappa shape index (κ3) is 6.85. The lowest BCUT2D eigenvalue weighted by molar-refractivity contribution is -0.0542. The van der Waals surface area contributed by atoms with Gasteiger partial charge in [-0.3, -0.25) is 4.18 Å². The molecule has 8 heteroatoms. The summed E-state index contributed by atoms with van der Waals surface area (Å²) in [4.78, 5) is 2.36. The SMILES string of the molecule is CCCOS(=O)(=O)C(F)(F)F.CN1CCCC1. The average Bonchev–Trinajstić information content (AvgIpc) is 2.65. The van der Waals surface area contributed by atoms with Gasteiger partial charge in [0, 0.05) is 0 Å². The highest BCUT2D eigenvalue weighted by Crippen LogP contribution is 2.24. The molecular weight excluding hydrogens is 259 g/mol. The standard InChI is InChI=1S/C5H11N.C4H7F3O3S/c1-6-4-2-3-5-6;1-2-3-10-11(8,9)4(5,6)7/h2-5H2,1H3;2-3H2,1H3. The predicted octanol–water partition coefficient (Wildman–Crippen LogP) is 1.97. The zero-order valence-electron chi connectivity index (χ0n) is 9.96. The second-order valence-corrected chi connectivity index (χ2v) is 5.34. The molecule has 17 heavy (non-hydrogen) atoms. The lowest BCUT2D eigenvalue weighted by Crippen LogP contribution is -2.25. The number of hydrogen-bond donors (Lipinski definition) is 0. The lowest BCUT2D eigenvalue weighted by atomic mass is 10.4. The fourth-order valence-electron chi connectivity index (χ4n) is 1.14. The first kappa shape index (κ1) is 16.7. The van der Waals surface area contributed by atoms with E-state index in [9.17, 15) is 21.6 Å². The molecule has 0 N–H and O–H groups in total. The number of alkyl halides is 3. The summed E-state index contributed by atoms with van der Waals surface area (Å²) in [5.41, 5.74) is -5.30. The minimum absolute atomic E-state index is 0.218. The van der Waals surface area contributed by atoms with E-state index in [1.165, 1.54) is 32.9 Å². The van der Waals surface area contributed by atoms with E-state index in [-0.39, 0.29) is 6.42 Å². The van der Waals surface area contributed by atoms with E-state index in [0.29, 0.717) is 0 Å². The smallest absolute Gasteiger partial charge is 0.306 e. The van der Waals surface area contributed by atoms with Crippen LogP contribution in [0.5, 0.6) is 0 Å². The fraction of sp³-hybridized carbons (Fsp3) is 1.00. The Balaban J connectivity index is 0.000000354. The molecule has 0 radical (unpaired) electrons. The van der Waals surface area contributed by atoms with Crippen molar-refractivity contribution < 1.29 is 25.8 Å². The Labute approximate surface area is 99.9 Å². The summed E-state index contributed by atoms with van der Waals surface area (Å²) >= 11 is 0. The van der Waals surface area contributed by atoms with Crippen LogP contribution < -0.4 is 0 Å². The zero-order valence-corrected chi connectivity index (χ0v) is 10.8. The maximum atomic E-state index is 11.4. The first-order valence-electron chi connectivity index (χ1n) is 5.35. The number of nitrogens with zero attached hydrogens (tertiary/aromatic N) is 1. The number of rotatable bonds is 3. The first-order chi connectivity index (χ1) is 7.70. The van der Waals surface area contributed by atoms with Crippen molar-refractivity contribution in [2.75, 3.05) is 26.7 Å². The molecule has 104 valence electrons. The van der Waals surface area contributed by atoms with Crippen LogP contribution in [0, 0.1) is 0 Å². The normalized spacial score (nSPS) is 17.7. The van der Waals surface area contributed by atoms with Crippen molar-refractivity contribution in [1.29, 1.82) is 0 Å². The highest BCUT2D eigenvalue weighted by molar-refractivity contribution is 7.87. The lowest BCUT2D eigenvalue weighted by Gasteiger charge is -2.06. The molecule has 1 aliphatic rings. The fourth-order valence-corrected chi connectivity index (χ4v) is 1.65. The van der Waals surface area contributed by atoms with Crippen molar-refractivity contribution in [3.8, 4) is 0 Å². The zero-order chi connectivity index (χ0) is 13.5. The Hall–Kier alpha value is -0.340. The van der Waals surface area contributed by atoms with E-state index >= 15 is 0 Å². The summed E-state index contributed by atoms with van der Waals surface area (Å²) in [6, 6.07) is 0. The van der Waals surface area contributed by atoms with Gasteiger partial charge in [0.2, 0.25) is 0 Å². The molecule has 4 nitrogen and oxygen atoms in total. The predicted molar refractivity (Wildman–Crippen MR) is 57.9 cm³/mol. The molecule has 0 aliphatic carbocycles. The number of hydrogen-bond acceptors (Lipinski definition) is 4. The summed E-state index contributed by atoms with van der Waals surface area (Å²) in [5, 5.41) is 0. The highest BCUT2D eigenvalue weighted by Gasteiger charge is 2.47. The van der Waals surface area contributed by atoms with Crippen LogP contribution in [0.25, 0.3) is 0 Å². The van der Waals surface area contributed by atoms with Gasteiger partial charge < -0.3 is 4.90 Å². The first-order valence-corrected chi connectivity index (χ1v) is 6.75. The van der Waals surface area contributed by atoms with Gasteiger partial charge in [0.1, 0.15) is 0 Å². The minimum atomic E-state index is -5.36. The highest BCUT2D eigenvalue weighted by atomic mass is 32.2. The molecule has 0 saturated carbocycles. The van der Waals surface area contributed by atoms with Gasteiger partial charge in [0.15, 0.2) is 0 Å². The van der Waals surface area contributed by atoms with Gasteiger partial charge in [-0.1, -0.05) is 6.92 Å². The summed E-state index contributed by atoms with van der Waals surface area (Å²) in [6.07, 6.45) is 3.04. The minimum Gasteiger partial charge on any atom is -0.306 e. The molecular formula is C9H18F3NO3S. The molecule has 0 aromatic carbocycles. The summed E-state index contributed by atoms with van der Waals surface area (Å²) in [7, 11) is -3.19. The summed E-state index contributed by atoms with van der Waals surface area (Å²) in [6.45, 7) is 3.70. The molecule has 1 aliphatic heterocycles. The maximum Gasteiger partial charge on any atom is 0.523 e. The molecule has 1 fully saturated rings. The molecule has 0 spiro atoms. The van der Waals surface area contributed by atoms with Crippen LogP contribution in [0.3, 0.4) is 0 Å². The van der Waals surface area contributed by atoms with Crippen molar-refractivity contribution >= 4 is 10.1 Å². The van der Waals surface area contributed by atoms with E-state index in [1.54, 1.807) is 0 Å². The van der Waals surface area contributed by atoms with Gasteiger partial charge in [-0.15, -0.1) is 0 Å². The van der Waals surface area contributed by atoms with E-state index < -0.39 is 22.2 Å². The number of halogens is 3. The monoisotopic (exact) mass is 277 g/mol. The van der Waals surface area contributed by atoms with Crippen molar-refractivity contribution in [3.05, 3.63) is 0 Å². The van der Waals surface area contributed by atoms with Crippen LogP contribution in [0.4, 0.5) is 13.2 Å². The Morgan fingerprint density at radius 1 is 1.24 bits per heavy atom. The van der Waals surface area contributed by atoms with E-state index in [2.05, 4.69) is 16.1 Å². The maximum absolute atomic E-state index is 11.4. The topological polar surface area (TPSA) is 46.6 Å². The van der Waals surface area contributed by atoms with E-state index in [0.717, 1.165) is 0 Å². The molecule has 0 amide bonds. The summed E-state index contributed by atoms with van der Waals surface area (Å²) in [5.74, 6) is 0. The third-order valence-electron chi connectivity index (χ3n) is 2.06. The number of likely N-dealkylation sites (tertiary alicyclic amines) is 1.